The molecular formula is C22H28N4O5S2. The fourth-order valence-electron chi connectivity index (χ4n) is 4.17. The second kappa shape index (κ2) is 9.05. The van der Waals surface area contributed by atoms with Crippen LogP contribution >= 0.6 is 11.3 Å². The number of methoxy groups -OCH3 is 2. The van der Waals surface area contributed by atoms with Gasteiger partial charge in [-0.05, 0) is 30.2 Å². The summed E-state index contributed by atoms with van der Waals surface area (Å²) < 4.78 is 40.2. The number of aromatic nitrogens is 2. The summed E-state index contributed by atoms with van der Waals surface area (Å²) in [6, 6.07) is 5.62. The van der Waals surface area contributed by atoms with Crippen LogP contribution in [0.15, 0.2) is 29.3 Å². The lowest BCUT2D eigenvalue weighted by Crippen LogP contribution is -2.42. The second-order valence-corrected chi connectivity index (χ2v) is 11.5. The minimum absolute atomic E-state index is 0.0258. The highest BCUT2D eigenvalue weighted by atomic mass is 32.2. The maximum Gasteiger partial charge on any atom is 0.281 e. The van der Waals surface area contributed by atoms with Crippen molar-refractivity contribution < 1.29 is 17.9 Å². The molecule has 0 N–H and O–H groups in total. The third kappa shape index (κ3) is 4.25. The minimum Gasteiger partial charge on any atom is -0.497 e. The molecule has 0 aliphatic carbocycles. The van der Waals surface area contributed by atoms with E-state index in [1.165, 1.54) is 34.0 Å². The molecule has 9 nitrogen and oxygen atoms in total. The van der Waals surface area contributed by atoms with Gasteiger partial charge in [-0.1, -0.05) is 6.92 Å². The van der Waals surface area contributed by atoms with Gasteiger partial charge >= 0.3 is 0 Å². The summed E-state index contributed by atoms with van der Waals surface area (Å²) in [7, 11) is 2.77. The summed E-state index contributed by atoms with van der Waals surface area (Å²) in [6.07, 6.45) is 2.06. The lowest BCUT2D eigenvalue weighted by Gasteiger charge is -2.28. The molecule has 1 aromatic carbocycles. The molecular weight excluding hydrogens is 464 g/mol. The van der Waals surface area contributed by atoms with Crippen LogP contribution in [0, 0.1) is 0 Å². The van der Waals surface area contributed by atoms with Crippen molar-refractivity contribution in [1.82, 2.24) is 18.2 Å². The fourth-order valence-corrected chi connectivity index (χ4v) is 6.52. The van der Waals surface area contributed by atoms with Crippen LogP contribution in [0.25, 0.3) is 10.2 Å². The highest BCUT2D eigenvalue weighted by molar-refractivity contribution is 7.86. The Morgan fingerprint density at radius 3 is 2.67 bits per heavy atom. The number of rotatable bonds is 7. The van der Waals surface area contributed by atoms with E-state index in [0.29, 0.717) is 29.7 Å². The average molecular weight is 493 g/mol. The third-order valence-electron chi connectivity index (χ3n) is 6.02. The molecule has 1 unspecified atom stereocenters. The SMILES string of the molecule is COc1ccc(OC)c(C(C)Cn2cnc3sc4c(c3c2=O)CCN(S(=O)(=O)N(C)C)C4)c1. The Hall–Kier alpha value is -2.47. The van der Waals surface area contributed by atoms with E-state index >= 15 is 0 Å². The van der Waals surface area contributed by atoms with Gasteiger partial charge in [-0.3, -0.25) is 9.36 Å². The van der Waals surface area contributed by atoms with Gasteiger partial charge < -0.3 is 9.47 Å². The van der Waals surface area contributed by atoms with Gasteiger partial charge in [0.15, 0.2) is 0 Å². The zero-order valence-corrected chi connectivity index (χ0v) is 21.0. The van der Waals surface area contributed by atoms with Crippen molar-refractivity contribution >= 4 is 31.8 Å². The van der Waals surface area contributed by atoms with Crippen molar-refractivity contribution in [3.05, 3.63) is 50.9 Å². The molecule has 178 valence electrons. The predicted octanol–water partition coefficient (Wildman–Crippen LogP) is 2.44. The summed E-state index contributed by atoms with van der Waals surface area (Å²) in [6.45, 7) is 3.05. The van der Waals surface area contributed by atoms with Gasteiger partial charge in [0.25, 0.3) is 15.8 Å². The van der Waals surface area contributed by atoms with E-state index in [1.54, 1.807) is 25.1 Å². The molecule has 1 aliphatic rings. The molecule has 1 aliphatic heterocycles. The lowest BCUT2D eigenvalue weighted by atomic mass is 9.99. The van der Waals surface area contributed by atoms with E-state index in [4.69, 9.17) is 9.47 Å². The monoisotopic (exact) mass is 492 g/mol. The lowest BCUT2D eigenvalue weighted by molar-refractivity contribution is 0.362. The normalized spacial score (nSPS) is 15.6. The summed E-state index contributed by atoms with van der Waals surface area (Å²) >= 11 is 1.39. The minimum atomic E-state index is -3.51. The molecule has 4 rings (SSSR count). The second-order valence-electron chi connectivity index (χ2n) is 8.27. The van der Waals surface area contributed by atoms with E-state index in [1.807, 2.05) is 25.1 Å². The van der Waals surface area contributed by atoms with E-state index in [9.17, 15) is 13.2 Å². The summed E-state index contributed by atoms with van der Waals surface area (Å²) in [5, 5.41) is 0.601. The average Bonchev–Trinajstić information content (AvgIpc) is 3.18. The Bertz CT molecular complexity index is 1350. The van der Waals surface area contributed by atoms with Crippen molar-refractivity contribution in [3.8, 4) is 11.5 Å². The largest absolute Gasteiger partial charge is 0.497 e. The van der Waals surface area contributed by atoms with Crippen molar-refractivity contribution in [1.29, 1.82) is 0 Å². The van der Waals surface area contributed by atoms with Crippen molar-refractivity contribution in [2.75, 3.05) is 34.9 Å². The number of nitrogens with zero attached hydrogens (tertiary/aromatic N) is 4. The van der Waals surface area contributed by atoms with Crippen LogP contribution in [0.1, 0.15) is 28.8 Å². The number of thiophene rings is 1. The Kier molecular flexibility index (Phi) is 6.50. The molecule has 1 atom stereocenters. The van der Waals surface area contributed by atoms with Crippen LogP contribution in [0.4, 0.5) is 0 Å². The topological polar surface area (TPSA) is 94.0 Å². The van der Waals surface area contributed by atoms with Crippen LogP contribution in [0.2, 0.25) is 0 Å². The first kappa shape index (κ1) is 23.7. The number of hydrogen-bond donors (Lipinski definition) is 0. The van der Waals surface area contributed by atoms with Gasteiger partial charge in [-0.2, -0.15) is 17.0 Å². The first-order valence-corrected chi connectivity index (χ1v) is 12.8. The van der Waals surface area contributed by atoms with Crippen LogP contribution in [0.5, 0.6) is 11.5 Å². The highest BCUT2D eigenvalue weighted by Crippen LogP contribution is 2.34. The molecule has 0 radical (unpaired) electrons. The van der Waals surface area contributed by atoms with E-state index < -0.39 is 10.2 Å². The Labute approximate surface area is 197 Å². The third-order valence-corrected chi connectivity index (χ3v) is 9.03. The smallest absolute Gasteiger partial charge is 0.281 e. The molecule has 2 aromatic heterocycles. The molecule has 0 fully saturated rings. The van der Waals surface area contributed by atoms with Crippen molar-refractivity contribution in [3.63, 3.8) is 0 Å². The summed E-state index contributed by atoms with van der Waals surface area (Å²) in [5.41, 5.74) is 1.76. The van der Waals surface area contributed by atoms with E-state index in [0.717, 1.165) is 27.5 Å². The van der Waals surface area contributed by atoms with Crippen molar-refractivity contribution in [2.45, 2.75) is 32.4 Å². The predicted molar refractivity (Wildman–Crippen MR) is 129 cm³/mol. The molecule has 3 aromatic rings. The van der Waals surface area contributed by atoms with Gasteiger partial charge in [0.05, 0.1) is 25.9 Å². The highest BCUT2D eigenvalue weighted by Gasteiger charge is 2.31. The molecule has 0 spiro atoms. The van der Waals surface area contributed by atoms with Gasteiger partial charge in [0, 0.05) is 50.1 Å². The standard InChI is InChI=1S/C22H28N4O5S2/c1-14(17-10-15(30-4)6-7-18(17)31-5)11-25-13-23-21-20(22(25)27)16-8-9-26(12-19(16)32-21)33(28,29)24(2)3/h6-7,10,13-14H,8-9,11-12H2,1-5H3. The number of hydrogen-bond acceptors (Lipinski definition) is 7. The quantitative estimate of drug-likeness (QED) is 0.503. The van der Waals surface area contributed by atoms with E-state index in [-0.39, 0.29) is 18.0 Å². The van der Waals surface area contributed by atoms with Crippen LogP contribution in [0.3, 0.4) is 0 Å². The number of fused-ring (bicyclic) bond motifs is 3. The first-order chi connectivity index (χ1) is 15.7. The number of ether oxygens (including phenoxy) is 2. The Morgan fingerprint density at radius 1 is 1.24 bits per heavy atom. The summed E-state index contributed by atoms with van der Waals surface area (Å²) in [5.74, 6) is 1.44. The van der Waals surface area contributed by atoms with Crippen molar-refractivity contribution in [2.24, 2.45) is 0 Å². The molecule has 11 heteroatoms. The first-order valence-electron chi connectivity index (χ1n) is 10.6. The zero-order valence-electron chi connectivity index (χ0n) is 19.4. The fraction of sp³-hybridized carbons (Fsp3) is 0.455. The molecule has 0 amide bonds. The molecule has 0 saturated heterocycles. The van der Waals surface area contributed by atoms with Crippen LogP contribution in [-0.2, 0) is 29.7 Å². The van der Waals surface area contributed by atoms with Gasteiger partial charge in [0.1, 0.15) is 16.3 Å². The molecule has 0 bridgehead atoms. The van der Waals surface area contributed by atoms with Crippen LogP contribution in [-0.4, -0.2) is 61.4 Å². The molecule has 33 heavy (non-hydrogen) atoms. The molecule has 0 saturated carbocycles. The zero-order chi connectivity index (χ0) is 23.9. The van der Waals surface area contributed by atoms with Gasteiger partial charge in [-0.25, -0.2) is 4.98 Å². The van der Waals surface area contributed by atoms with E-state index in [2.05, 4.69) is 4.98 Å². The van der Waals surface area contributed by atoms with Crippen LogP contribution < -0.4 is 15.0 Å². The maximum atomic E-state index is 13.4. The maximum absolute atomic E-state index is 13.4. The summed E-state index contributed by atoms with van der Waals surface area (Å²) in [4.78, 5) is 19.5. The Balaban J connectivity index is 1.67. The van der Waals surface area contributed by atoms with Gasteiger partial charge in [0.2, 0.25) is 0 Å². The number of benzene rings is 1. The Morgan fingerprint density at radius 2 is 2.00 bits per heavy atom. The molecule has 3 heterocycles. The van der Waals surface area contributed by atoms with Gasteiger partial charge in [-0.15, -0.1) is 11.3 Å².